The van der Waals surface area contributed by atoms with Gasteiger partial charge in [0.25, 0.3) is 6.71 Å². The zero-order valence-electron chi connectivity index (χ0n) is 40.7. The van der Waals surface area contributed by atoms with E-state index in [1.165, 1.54) is 115 Å². The molecule has 3 heterocycles. The van der Waals surface area contributed by atoms with Crippen LogP contribution in [0.4, 0.5) is 34.1 Å². The molecule has 0 bridgehead atoms. The van der Waals surface area contributed by atoms with Crippen molar-refractivity contribution < 1.29 is 4.42 Å². The minimum atomic E-state index is -0.0862. The summed E-state index contributed by atoms with van der Waals surface area (Å²) in [6.07, 6.45) is 4.72. The molecule has 2 aliphatic heterocycles. The third-order valence-corrected chi connectivity index (χ3v) is 16.0. The zero-order valence-corrected chi connectivity index (χ0v) is 40.7. The molecule has 2 aliphatic carbocycles. The Morgan fingerprint density at radius 2 is 1.00 bits per heavy atom. The molecule has 5 aromatic carbocycles. The molecule has 320 valence electrons. The lowest BCUT2D eigenvalue weighted by atomic mass is 9.35. The van der Waals surface area contributed by atoms with Gasteiger partial charge in [0, 0.05) is 33.8 Å². The van der Waals surface area contributed by atoms with Gasteiger partial charge in [0.05, 0.1) is 11.3 Å². The van der Waals surface area contributed by atoms with E-state index >= 15 is 0 Å². The smallest absolute Gasteiger partial charge is 0.297 e. The lowest BCUT2D eigenvalue weighted by molar-refractivity contribution is 0.331. The van der Waals surface area contributed by atoms with Gasteiger partial charge in [-0.25, -0.2) is 0 Å². The maximum atomic E-state index is 7.39. The van der Waals surface area contributed by atoms with Crippen molar-refractivity contribution in [2.75, 3.05) is 9.80 Å². The molecule has 4 heteroatoms. The van der Waals surface area contributed by atoms with Gasteiger partial charge >= 0.3 is 0 Å². The van der Waals surface area contributed by atoms with Gasteiger partial charge in [0.2, 0.25) is 0 Å². The Balaban J connectivity index is 1.34. The highest BCUT2D eigenvalue weighted by Gasteiger charge is 2.50. The van der Waals surface area contributed by atoms with Crippen LogP contribution in [-0.4, -0.2) is 6.71 Å². The summed E-state index contributed by atoms with van der Waals surface area (Å²) in [5, 5.41) is 1.18. The van der Waals surface area contributed by atoms with Gasteiger partial charge in [-0.05, 0) is 176 Å². The van der Waals surface area contributed by atoms with Gasteiger partial charge in [-0.15, -0.1) is 0 Å². The maximum absolute atomic E-state index is 7.39. The number of nitrogens with zero attached hydrogens (tertiary/aromatic N) is 2. The highest BCUT2D eigenvalue weighted by atomic mass is 16.3. The zero-order chi connectivity index (χ0) is 44.4. The van der Waals surface area contributed by atoms with E-state index in [2.05, 4.69) is 199 Å². The van der Waals surface area contributed by atoms with Gasteiger partial charge < -0.3 is 14.2 Å². The van der Waals surface area contributed by atoms with E-state index in [1.807, 2.05) is 0 Å². The molecule has 4 aliphatic rings. The largest absolute Gasteiger partial charge is 0.468 e. The molecule has 0 radical (unpaired) electrons. The minimum absolute atomic E-state index is 0.0141. The number of rotatable bonds is 2. The van der Waals surface area contributed by atoms with E-state index in [0.717, 1.165) is 16.9 Å². The SMILES string of the molecule is Cc1cc2c3c(c1)N(c1ccc(C(C)(C)C)cc1)c1c(oc4ccc(C(C)(C)C)cc14)B3c1cc3c(cc1N2c1cc2c(cc1C)C(C)(C)CCC2(C)C)C(C)(C)CCC3(C)C. The van der Waals surface area contributed by atoms with Crippen LogP contribution < -0.4 is 26.4 Å². The van der Waals surface area contributed by atoms with E-state index in [-0.39, 0.29) is 39.2 Å². The van der Waals surface area contributed by atoms with Crippen LogP contribution in [-0.2, 0) is 32.5 Å². The second-order valence-corrected chi connectivity index (χ2v) is 24.6. The summed E-state index contributed by atoms with van der Waals surface area (Å²) in [7, 11) is 0. The standard InChI is InChI=1S/C58H69BN2O/c1-34-27-47-50-48(28-34)61(45-32-42-40(29-35(45)2)55(9,10)23-25-57(42,13)14)46-33-43-41(56(11,12)24-26-58(43,15)16)31-44(46)59(50)52-51(39-30-37(54(6,7)8)19-22-49(39)62-52)60(47)38-20-17-36(18-21-38)53(3,4)5/h17-22,27-33H,23-26H2,1-16H3. The summed E-state index contributed by atoms with van der Waals surface area (Å²) < 4.78 is 7.39. The average molecular weight is 821 g/mol. The summed E-state index contributed by atoms with van der Waals surface area (Å²) in [6.45, 7) is 38.2. The molecule has 0 N–H and O–H groups in total. The molecule has 62 heavy (non-hydrogen) atoms. The molecule has 0 saturated heterocycles. The first kappa shape index (κ1) is 41.3. The first-order chi connectivity index (χ1) is 28.8. The molecular weight excluding hydrogens is 751 g/mol. The van der Waals surface area contributed by atoms with E-state index < -0.39 is 0 Å². The van der Waals surface area contributed by atoms with Crippen molar-refractivity contribution in [3.05, 3.63) is 123 Å². The molecule has 0 unspecified atom stereocenters. The Bertz CT molecular complexity index is 2850. The van der Waals surface area contributed by atoms with Crippen LogP contribution >= 0.6 is 0 Å². The molecule has 0 spiro atoms. The van der Waals surface area contributed by atoms with E-state index in [4.69, 9.17) is 4.42 Å². The van der Waals surface area contributed by atoms with E-state index in [0.29, 0.717) is 0 Å². The number of aryl methyl sites for hydroxylation is 2. The number of benzene rings is 5. The van der Waals surface area contributed by atoms with Crippen molar-refractivity contribution in [1.29, 1.82) is 0 Å². The number of anilines is 6. The molecule has 3 nitrogen and oxygen atoms in total. The summed E-state index contributed by atoms with van der Waals surface area (Å²) >= 11 is 0. The first-order valence-corrected chi connectivity index (χ1v) is 23.6. The van der Waals surface area contributed by atoms with Crippen LogP contribution in [0, 0.1) is 13.8 Å². The van der Waals surface area contributed by atoms with Crippen LogP contribution in [0.1, 0.15) is 167 Å². The third kappa shape index (κ3) is 6.04. The molecule has 10 rings (SSSR count). The molecule has 6 aromatic rings. The fourth-order valence-electron chi connectivity index (χ4n) is 11.7. The van der Waals surface area contributed by atoms with Crippen molar-refractivity contribution in [2.24, 2.45) is 0 Å². The maximum Gasteiger partial charge on any atom is 0.297 e. The summed E-state index contributed by atoms with van der Waals surface area (Å²) in [4.78, 5) is 5.25. The number of furan rings is 1. The fourth-order valence-corrected chi connectivity index (χ4v) is 11.7. The summed E-state index contributed by atoms with van der Waals surface area (Å²) in [6, 6.07) is 31.7. The van der Waals surface area contributed by atoms with Gasteiger partial charge in [-0.1, -0.05) is 127 Å². The normalized spacial score (nSPS) is 19.1. The Labute approximate surface area is 373 Å². The molecule has 0 atom stereocenters. The quantitative estimate of drug-likeness (QED) is 0.162. The van der Waals surface area contributed by atoms with Crippen LogP contribution in [0.25, 0.3) is 11.0 Å². The number of fused-ring (bicyclic) bond motifs is 8. The summed E-state index contributed by atoms with van der Waals surface area (Å²) in [5.74, 6) is 0. The first-order valence-electron chi connectivity index (χ1n) is 23.6. The van der Waals surface area contributed by atoms with Crippen molar-refractivity contribution >= 4 is 68.4 Å². The highest BCUT2D eigenvalue weighted by Crippen LogP contribution is 2.54. The second kappa shape index (κ2) is 13.0. The topological polar surface area (TPSA) is 19.6 Å². The Morgan fingerprint density at radius 1 is 0.516 bits per heavy atom. The van der Waals surface area contributed by atoms with Crippen molar-refractivity contribution in [3.63, 3.8) is 0 Å². The fraction of sp³-hybridized carbons (Fsp3) is 0.448. The predicted octanol–water partition coefficient (Wildman–Crippen LogP) is 14.4. The second-order valence-electron chi connectivity index (χ2n) is 24.6. The lowest BCUT2D eigenvalue weighted by Crippen LogP contribution is -2.61. The molecule has 0 amide bonds. The van der Waals surface area contributed by atoms with Gasteiger partial charge in [-0.2, -0.15) is 0 Å². The van der Waals surface area contributed by atoms with Crippen LogP contribution in [0.3, 0.4) is 0 Å². The minimum Gasteiger partial charge on any atom is -0.468 e. The van der Waals surface area contributed by atoms with Crippen LogP contribution in [0.15, 0.2) is 83.3 Å². The van der Waals surface area contributed by atoms with Crippen molar-refractivity contribution in [3.8, 4) is 0 Å². The number of hydrogen-bond acceptors (Lipinski definition) is 3. The average Bonchev–Trinajstić information content (AvgIpc) is 3.56. The van der Waals surface area contributed by atoms with E-state index in [9.17, 15) is 0 Å². The van der Waals surface area contributed by atoms with Crippen LogP contribution in [0.2, 0.25) is 0 Å². The van der Waals surface area contributed by atoms with Gasteiger partial charge in [0.1, 0.15) is 5.58 Å². The monoisotopic (exact) mass is 821 g/mol. The molecule has 0 fully saturated rings. The number of hydrogen-bond donors (Lipinski definition) is 0. The van der Waals surface area contributed by atoms with Gasteiger partial charge in [0.15, 0.2) is 0 Å². The highest BCUT2D eigenvalue weighted by molar-refractivity contribution is 7.00. The Hall–Kier alpha value is -4.70. The van der Waals surface area contributed by atoms with E-state index in [1.54, 1.807) is 0 Å². The van der Waals surface area contributed by atoms with Crippen LogP contribution in [0.5, 0.6) is 0 Å². The lowest BCUT2D eigenvalue weighted by Gasteiger charge is -2.47. The summed E-state index contributed by atoms with van der Waals surface area (Å²) in [5.41, 5.74) is 23.7. The predicted molar refractivity (Wildman–Crippen MR) is 268 cm³/mol. The molecule has 1 aromatic heterocycles. The molecule has 0 saturated carbocycles. The van der Waals surface area contributed by atoms with Crippen molar-refractivity contribution in [1.82, 2.24) is 0 Å². The van der Waals surface area contributed by atoms with Crippen molar-refractivity contribution in [2.45, 2.75) is 169 Å². The Kier molecular flexibility index (Phi) is 8.63. The van der Waals surface area contributed by atoms with Gasteiger partial charge in [-0.3, -0.25) is 0 Å². The molecular formula is C58H69BN2O. The third-order valence-electron chi connectivity index (χ3n) is 16.0. The Morgan fingerprint density at radius 3 is 1.55 bits per heavy atom.